The second kappa shape index (κ2) is 6.75. The third-order valence-electron chi connectivity index (χ3n) is 0. The second-order valence-corrected chi connectivity index (χ2v) is 1.34. The fourth-order valence-corrected chi connectivity index (χ4v) is 0. The van der Waals surface area contributed by atoms with Crippen LogP contribution in [0.15, 0.2) is 0 Å². The van der Waals surface area contributed by atoms with Crippen molar-refractivity contribution in [3.8, 4) is 0 Å². The third kappa shape index (κ3) is 54.9. The maximum atomic E-state index is 8.55. The summed E-state index contributed by atoms with van der Waals surface area (Å²) < 4.78 is 8.55. The number of phosphoric acid groups is 1. The van der Waals surface area contributed by atoms with E-state index in [1.807, 2.05) is 0 Å². The molecule has 0 bridgehead atoms. The van der Waals surface area contributed by atoms with Gasteiger partial charge in [0.25, 0.3) is 0 Å². The number of rotatable bonds is 0. The van der Waals surface area contributed by atoms with Crippen LogP contribution in [0.25, 0.3) is 0 Å². The first-order chi connectivity index (χ1) is 2.00. The minimum absolute atomic E-state index is 0. The zero-order valence-corrected chi connectivity index (χ0v) is 11.0. The Morgan fingerprint density at radius 3 is 1.14 bits per heavy atom. The first-order valence-electron chi connectivity index (χ1n) is 0.730. The van der Waals surface area contributed by atoms with Crippen molar-refractivity contribution in [1.29, 1.82) is 0 Å². The van der Waals surface area contributed by atoms with Crippen LogP contribution in [0.1, 0.15) is 0 Å². The van der Waals surface area contributed by atoms with E-state index < -0.39 is 7.82 Å². The Balaban J connectivity index is -0.0000000800. The summed E-state index contributed by atoms with van der Waals surface area (Å²) >= 11 is 0. The molecular weight excluding hydrogens is 228 g/mol. The molecule has 0 N–H and O–H groups in total. The van der Waals surface area contributed by atoms with E-state index in [9.17, 15) is 0 Å². The van der Waals surface area contributed by atoms with Gasteiger partial charge in [-0.3, -0.25) is 0 Å². The van der Waals surface area contributed by atoms with Gasteiger partial charge in [0.1, 0.15) is 0 Å². The average molecular weight is 228 g/mol. The van der Waals surface area contributed by atoms with Crippen molar-refractivity contribution in [2.45, 2.75) is 0 Å². The summed E-state index contributed by atoms with van der Waals surface area (Å²) in [6, 6.07) is 0. The molecule has 0 radical (unpaired) electrons. The predicted octanol–water partition coefficient (Wildman–Crippen LogP) is -5.82. The minimum atomic E-state index is -5.39. The fourth-order valence-electron chi connectivity index (χ4n) is 0. The smallest absolute Gasteiger partial charge is 0.822 e. The summed E-state index contributed by atoms with van der Waals surface area (Å²) in [4.78, 5) is 25.6. The Bertz CT molecular complexity index is 57.8. The first kappa shape index (κ1) is 16.3. The Labute approximate surface area is 105 Å². The van der Waals surface area contributed by atoms with Gasteiger partial charge in [-0.05, 0) is 0 Å². The van der Waals surface area contributed by atoms with Gasteiger partial charge < -0.3 is 19.2 Å². The molecule has 0 aromatic rings. The van der Waals surface area contributed by atoms with E-state index in [4.69, 9.17) is 19.2 Å². The maximum Gasteiger partial charge on any atom is 4.00 e. The van der Waals surface area contributed by atoms with Crippen molar-refractivity contribution >= 4 is 7.82 Å². The Hall–Kier alpha value is 2.63. The van der Waals surface area contributed by atoms with E-state index in [1.165, 1.54) is 0 Å². The Morgan fingerprint density at radius 1 is 1.14 bits per heavy atom. The molecule has 0 aliphatic carbocycles. The molecule has 0 saturated carbocycles. The van der Waals surface area contributed by atoms with Gasteiger partial charge in [-0.1, -0.05) is 0 Å². The molecule has 0 spiro atoms. The van der Waals surface area contributed by atoms with Crippen LogP contribution < -0.4 is 72.9 Å². The normalized spacial score (nSPS) is 8.43. The van der Waals surface area contributed by atoms with E-state index in [0.29, 0.717) is 0 Å². The zero-order valence-electron chi connectivity index (χ0n) is 3.58. The van der Waals surface area contributed by atoms with Crippen LogP contribution in [0.4, 0.5) is 0 Å². The molecule has 0 atom stereocenters. The van der Waals surface area contributed by atoms with Gasteiger partial charge in [0.05, 0.1) is 0 Å². The van der Waals surface area contributed by atoms with Crippen LogP contribution in [-0.2, 0) is 26.3 Å². The maximum absolute atomic E-state index is 8.55. The molecule has 0 saturated heterocycles. The van der Waals surface area contributed by atoms with Crippen LogP contribution in [0, 0.1) is 0 Å². The van der Waals surface area contributed by atoms with Crippen molar-refractivity contribution in [2.75, 3.05) is 0 Å². The van der Waals surface area contributed by atoms with Gasteiger partial charge in [0.15, 0.2) is 0 Å². The molecule has 0 aromatic heterocycles. The van der Waals surface area contributed by atoms with Crippen LogP contribution in [-0.4, -0.2) is 0 Å². The van der Waals surface area contributed by atoms with Gasteiger partial charge in [-0.15, -0.1) is 0 Å². The average Bonchev–Trinajstić information content (AvgIpc) is 0.722. The quantitative estimate of drug-likeness (QED) is 0.305. The van der Waals surface area contributed by atoms with Crippen molar-refractivity contribution in [3.63, 3.8) is 0 Å². The summed E-state index contributed by atoms with van der Waals surface area (Å²) in [7, 11) is -5.39. The first-order valence-corrected chi connectivity index (χ1v) is 2.19. The molecule has 4 nitrogen and oxygen atoms in total. The summed E-state index contributed by atoms with van der Waals surface area (Å²) in [5.41, 5.74) is 0. The van der Waals surface area contributed by atoms with Gasteiger partial charge >= 0.3 is 79.9 Å². The number of hydrogen-bond acceptors (Lipinski definition) is 4. The van der Waals surface area contributed by atoms with Gasteiger partial charge in [-0.25, -0.2) is 0 Å². The molecule has 0 fully saturated rings. The van der Waals surface area contributed by atoms with E-state index in [-0.39, 0.29) is 79.9 Å². The number of hydrogen-bond donors (Lipinski definition) is 0. The SMILES string of the molecule is O=P([O-])([O-])[O-].[Rb+].[Ti+4]. The van der Waals surface area contributed by atoms with Gasteiger partial charge in [0, 0.05) is 0 Å². The van der Waals surface area contributed by atoms with Crippen molar-refractivity contribution in [2.24, 2.45) is 0 Å². The molecule has 0 aromatic carbocycles. The molecule has 0 heterocycles. The van der Waals surface area contributed by atoms with Crippen molar-refractivity contribution < 1.29 is 99.2 Å². The summed E-state index contributed by atoms with van der Waals surface area (Å²) in [5, 5.41) is 0. The standard InChI is InChI=1S/H3O4P.Rb.Ti/c1-5(2,3)4;;/h(H3,1,2,3,4);;/q;+1;+4/p-3. The van der Waals surface area contributed by atoms with E-state index in [2.05, 4.69) is 0 Å². The molecule has 7 heavy (non-hydrogen) atoms. The third-order valence-corrected chi connectivity index (χ3v) is 0. The van der Waals surface area contributed by atoms with Crippen molar-refractivity contribution in [1.82, 2.24) is 0 Å². The van der Waals surface area contributed by atoms with Gasteiger partial charge in [-0.2, -0.15) is 7.82 Å². The summed E-state index contributed by atoms with van der Waals surface area (Å²) in [6.07, 6.45) is 0. The van der Waals surface area contributed by atoms with Crippen LogP contribution in [0.3, 0.4) is 0 Å². The van der Waals surface area contributed by atoms with Crippen LogP contribution >= 0.6 is 7.82 Å². The predicted molar refractivity (Wildman–Crippen MR) is 7.61 cm³/mol. The van der Waals surface area contributed by atoms with Crippen LogP contribution in [0.2, 0.25) is 0 Å². The fraction of sp³-hybridized carbons (Fsp3) is 0. The molecule has 0 unspecified atom stereocenters. The van der Waals surface area contributed by atoms with Crippen molar-refractivity contribution in [3.05, 3.63) is 0 Å². The van der Waals surface area contributed by atoms with E-state index in [1.54, 1.807) is 0 Å². The Morgan fingerprint density at radius 2 is 1.14 bits per heavy atom. The summed E-state index contributed by atoms with van der Waals surface area (Å²) in [5.74, 6) is 0. The second-order valence-electron chi connectivity index (χ2n) is 0.447. The molecular formula is O4PRbTi+2. The zero-order chi connectivity index (χ0) is 4.50. The van der Waals surface area contributed by atoms with Crippen LogP contribution in [0.5, 0.6) is 0 Å². The molecule has 0 aliphatic heterocycles. The largest absolute Gasteiger partial charge is 4.00 e. The topological polar surface area (TPSA) is 86.2 Å². The molecule has 0 rings (SSSR count). The molecule has 0 aliphatic rings. The minimum Gasteiger partial charge on any atom is -0.822 e. The molecule has 32 valence electrons. The summed E-state index contributed by atoms with van der Waals surface area (Å²) in [6.45, 7) is 0. The van der Waals surface area contributed by atoms with E-state index >= 15 is 0 Å². The van der Waals surface area contributed by atoms with Gasteiger partial charge in [0.2, 0.25) is 0 Å². The molecule has 7 heteroatoms. The Kier molecular flexibility index (Phi) is 15.7. The molecule has 0 amide bonds. The van der Waals surface area contributed by atoms with E-state index in [0.717, 1.165) is 0 Å². The monoisotopic (exact) mass is 228 g/mol.